The molecule has 0 aliphatic carbocycles. The molecule has 0 fully saturated rings. The highest BCUT2D eigenvalue weighted by Gasteiger charge is 2.14. The van der Waals surface area contributed by atoms with Gasteiger partial charge in [0.2, 0.25) is 11.8 Å². The third kappa shape index (κ3) is 5.35. The summed E-state index contributed by atoms with van der Waals surface area (Å²) in [6, 6.07) is 21.5. The number of hydrogen-bond acceptors (Lipinski definition) is 3. The lowest BCUT2D eigenvalue weighted by Gasteiger charge is -2.21. The van der Waals surface area contributed by atoms with Gasteiger partial charge >= 0.3 is 0 Å². The van der Waals surface area contributed by atoms with Crippen LogP contribution in [0.4, 0.5) is 0 Å². The molecular weight excluding hydrogens is 364 g/mol. The highest BCUT2D eigenvalue weighted by atomic mass is 16.5. The maximum atomic E-state index is 12.6. The number of benzene rings is 3. The van der Waals surface area contributed by atoms with Crippen LogP contribution >= 0.6 is 0 Å². The highest BCUT2D eigenvalue weighted by Crippen LogP contribution is 2.19. The van der Waals surface area contributed by atoms with Gasteiger partial charge in [-0.25, -0.2) is 0 Å². The lowest BCUT2D eigenvalue weighted by atomic mass is 10.0. The molecule has 150 valence electrons. The summed E-state index contributed by atoms with van der Waals surface area (Å²) >= 11 is 0. The van der Waals surface area contributed by atoms with Crippen molar-refractivity contribution in [1.82, 2.24) is 10.2 Å². The van der Waals surface area contributed by atoms with Crippen LogP contribution in [-0.2, 0) is 22.6 Å². The summed E-state index contributed by atoms with van der Waals surface area (Å²) in [6.45, 7) is 3.00. The van der Waals surface area contributed by atoms with Crippen LogP contribution in [0.25, 0.3) is 10.8 Å². The van der Waals surface area contributed by atoms with Gasteiger partial charge < -0.3 is 15.0 Å². The Labute approximate surface area is 171 Å². The van der Waals surface area contributed by atoms with Crippen molar-refractivity contribution in [3.8, 4) is 5.75 Å². The van der Waals surface area contributed by atoms with E-state index in [0.29, 0.717) is 13.1 Å². The molecule has 5 heteroatoms. The number of nitrogens with zero attached hydrogens (tertiary/aromatic N) is 1. The molecule has 0 radical (unpaired) electrons. The first-order chi connectivity index (χ1) is 14.1. The van der Waals surface area contributed by atoms with E-state index in [0.717, 1.165) is 27.6 Å². The number of likely N-dealkylation sites (N-methyl/N-ethyl adjacent to an activating group) is 1. The fraction of sp³-hybridized carbons (Fsp3) is 0.250. The molecule has 0 heterocycles. The second-order valence-corrected chi connectivity index (χ2v) is 6.85. The molecule has 0 atom stereocenters. The summed E-state index contributed by atoms with van der Waals surface area (Å²) in [5.41, 5.74) is 1.97. The highest BCUT2D eigenvalue weighted by molar-refractivity contribution is 5.91. The fourth-order valence-corrected chi connectivity index (χ4v) is 3.30. The zero-order valence-corrected chi connectivity index (χ0v) is 16.9. The van der Waals surface area contributed by atoms with Crippen LogP contribution in [0.15, 0.2) is 66.7 Å². The molecule has 3 aromatic carbocycles. The number of carbonyl (C=O) groups is 2. The standard InChI is InChI=1S/C24H26N2O3/c1-3-26(17-18-11-13-21(29-2)14-12-18)24(28)16-25-23(27)15-20-9-6-8-19-7-4-5-10-22(19)20/h4-14H,3,15-17H2,1-2H3,(H,25,27). The maximum absolute atomic E-state index is 12.6. The molecule has 1 N–H and O–H groups in total. The van der Waals surface area contributed by atoms with Crippen molar-refractivity contribution in [2.75, 3.05) is 20.2 Å². The van der Waals surface area contributed by atoms with Gasteiger partial charge in [0.05, 0.1) is 20.1 Å². The van der Waals surface area contributed by atoms with E-state index in [4.69, 9.17) is 4.74 Å². The van der Waals surface area contributed by atoms with Crippen LogP contribution in [0.3, 0.4) is 0 Å². The van der Waals surface area contributed by atoms with E-state index < -0.39 is 0 Å². The quantitative estimate of drug-likeness (QED) is 0.640. The van der Waals surface area contributed by atoms with E-state index in [2.05, 4.69) is 5.32 Å². The van der Waals surface area contributed by atoms with Crippen LogP contribution in [-0.4, -0.2) is 36.9 Å². The lowest BCUT2D eigenvalue weighted by Crippen LogP contribution is -2.40. The van der Waals surface area contributed by atoms with Gasteiger partial charge in [0.15, 0.2) is 0 Å². The van der Waals surface area contributed by atoms with Gasteiger partial charge in [-0.05, 0) is 41.0 Å². The second kappa shape index (κ2) is 9.73. The summed E-state index contributed by atoms with van der Waals surface area (Å²) in [7, 11) is 1.62. The van der Waals surface area contributed by atoms with E-state index >= 15 is 0 Å². The summed E-state index contributed by atoms with van der Waals surface area (Å²) < 4.78 is 5.16. The van der Waals surface area contributed by atoms with Crippen LogP contribution in [0.1, 0.15) is 18.1 Å². The number of nitrogens with one attached hydrogen (secondary N) is 1. The van der Waals surface area contributed by atoms with Crippen molar-refractivity contribution < 1.29 is 14.3 Å². The molecule has 0 saturated carbocycles. The molecule has 3 aromatic rings. The Morgan fingerprint density at radius 3 is 2.41 bits per heavy atom. The third-order valence-electron chi connectivity index (χ3n) is 4.93. The largest absolute Gasteiger partial charge is 0.497 e. The molecule has 2 amide bonds. The third-order valence-corrected chi connectivity index (χ3v) is 4.93. The van der Waals surface area contributed by atoms with Gasteiger partial charge in [-0.1, -0.05) is 54.6 Å². The number of carbonyl (C=O) groups excluding carboxylic acids is 2. The van der Waals surface area contributed by atoms with Crippen molar-refractivity contribution in [2.45, 2.75) is 19.9 Å². The molecule has 0 saturated heterocycles. The average Bonchev–Trinajstić information content (AvgIpc) is 2.76. The van der Waals surface area contributed by atoms with Crippen molar-refractivity contribution >= 4 is 22.6 Å². The van der Waals surface area contributed by atoms with Crippen molar-refractivity contribution in [1.29, 1.82) is 0 Å². The zero-order chi connectivity index (χ0) is 20.6. The van der Waals surface area contributed by atoms with Gasteiger partial charge in [0.1, 0.15) is 5.75 Å². The minimum Gasteiger partial charge on any atom is -0.497 e. The first-order valence-corrected chi connectivity index (χ1v) is 9.74. The van der Waals surface area contributed by atoms with Gasteiger partial charge in [0, 0.05) is 13.1 Å². The van der Waals surface area contributed by atoms with E-state index in [1.165, 1.54) is 0 Å². The monoisotopic (exact) mass is 390 g/mol. The van der Waals surface area contributed by atoms with Gasteiger partial charge in [0.25, 0.3) is 0 Å². The molecule has 0 bridgehead atoms. The normalized spacial score (nSPS) is 10.6. The smallest absolute Gasteiger partial charge is 0.242 e. The van der Waals surface area contributed by atoms with Crippen molar-refractivity contribution in [2.24, 2.45) is 0 Å². The van der Waals surface area contributed by atoms with Crippen LogP contribution < -0.4 is 10.1 Å². The summed E-state index contributed by atoms with van der Waals surface area (Å²) in [6.07, 6.45) is 0.249. The first kappa shape index (κ1) is 20.4. The maximum Gasteiger partial charge on any atom is 0.242 e. The molecule has 0 spiro atoms. The van der Waals surface area contributed by atoms with Crippen LogP contribution in [0.2, 0.25) is 0 Å². The molecule has 29 heavy (non-hydrogen) atoms. The number of amides is 2. The summed E-state index contributed by atoms with van der Waals surface area (Å²) in [5.74, 6) is 0.522. The average molecular weight is 390 g/mol. The second-order valence-electron chi connectivity index (χ2n) is 6.85. The Morgan fingerprint density at radius 2 is 1.69 bits per heavy atom. The van der Waals surface area contributed by atoms with E-state index in [1.54, 1.807) is 12.0 Å². The molecule has 3 rings (SSSR count). The van der Waals surface area contributed by atoms with E-state index in [9.17, 15) is 9.59 Å². The molecule has 0 aliphatic heterocycles. The van der Waals surface area contributed by atoms with E-state index in [1.807, 2.05) is 73.7 Å². The molecular formula is C24H26N2O3. The first-order valence-electron chi connectivity index (χ1n) is 9.74. The Morgan fingerprint density at radius 1 is 0.966 bits per heavy atom. The van der Waals surface area contributed by atoms with Gasteiger partial charge in [-0.15, -0.1) is 0 Å². The Balaban J connectivity index is 1.55. The number of hydrogen-bond donors (Lipinski definition) is 1. The van der Waals surface area contributed by atoms with Gasteiger partial charge in [-0.3, -0.25) is 9.59 Å². The number of fused-ring (bicyclic) bond motifs is 1. The lowest BCUT2D eigenvalue weighted by molar-refractivity contribution is -0.133. The number of rotatable bonds is 8. The van der Waals surface area contributed by atoms with Crippen molar-refractivity contribution in [3.05, 3.63) is 77.9 Å². The Hall–Kier alpha value is -3.34. The number of ether oxygens (including phenoxy) is 1. The fourth-order valence-electron chi connectivity index (χ4n) is 3.30. The summed E-state index contributed by atoms with van der Waals surface area (Å²) in [4.78, 5) is 26.7. The van der Waals surface area contributed by atoms with Gasteiger partial charge in [-0.2, -0.15) is 0 Å². The topological polar surface area (TPSA) is 58.6 Å². The van der Waals surface area contributed by atoms with Crippen LogP contribution in [0, 0.1) is 0 Å². The molecule has 0 aliphatic rings. The number of methoxy groups -OCH3 is 1. The Kier molecular flexibility index (Phi) is 6.85. The minimum absolute atomic E-state index is 0.00636. The zero-order valence-electron chi connectivity index (χ0n) is 16.9. The minimum atomic E-state index is -0.157. The molecule has 0 aromatic heterocycles. The SMILES string of the molecule is CCN(Cc1ccc(OC)cc1)C(=O)CNC(=O)Cc1cccc2ccccc12. The Bertz CT molecular complexity index is 978. The van der Waals surface area contributed by atoms with Crippen LogP contribution in [0.5, 0.6) is 5.75 Å². The molecule has 0 unspecified atom stereocenters. The summed E-state index contributed by atoms with van der Waals surface area (Å²) in [5, 5.41) is 4.93. The predicted molar refractivity (Wildman–Crippen MR) is 115 cm³/mol. The predicted octanol–water partition coefficient (Wildman–Crippen LogP) is 3.56. The van der Waals surface area contributed by atoms with E-state index in [-0.39, 0.29) is 24.8 Å². The van der Waals surface area contributed by atoms with Crippen molar-refractivity contribution in [3.63, 3.8) is 0 Å². The molecule has 5 nitrogen and oxygen atoms in total.